The molecule has 1 aliphatic carbocycles. The lowest BCUT2D eigenvalue weighted by atomic mass is 9.82. The maximum Gasteiger partial charge on any atom is 0.0972 e. The van der Waals surface area contributed by atoms with Crippen LogP contribution >= 0.6 is 0 Å². The van der Waals surface area contributed by atoms with Gasteiger partial charge in [0.15, 0.2) is 0 Å². The minimum atomic E-state index is 0.185. The number of likely N-dealkylation sites (tertiary alicyclic amines) is 1. The maximum atomic E-state index is 6.19. The highest BCUT2D eigenvalue weighted by molar-refractivity contribution is 4.99. The Balaban J connectivity index is 2.07. The van der Waals surface area contributed by atoms with Crippen molar-refractivity contribution in [2.75, 3.05) is 33.9 Å². The maximum absolute atomic E-state index is 6.19. The Labute approximate surface area is 117 Å². The number of ether oxygens (including phenoxy) is 2. The van der Waals surface area contributed by atoms with Gasteiger partial charge in [-0.25, -0.2) is 0 Å². The van der Waals surface area contributed by atoms with Crippen LogP contribution in [0.1, 0.15) is 44.9 Å². The second kappa shape index (κ2) is 7.02. The summed E-state index contributed by atoms with van der Waals surface area (Å²) in [6, 6.07) is 0. The molecule has 1 aliphatic heterocycles. The Kier molecular flexibility index (Phi) is 5.63. The van der Waals surface area contributed by atoms with Crippen LogP contribution in [0.4, 0.5) is 0 Å². The first-order valence-electron chi connectivity index (χ1n) is 7.76. The van der Waals surface area contributed by atoms with Crippen LogP contribution in [0.25, 0.3) is 0 Å². The predicted octanol–water partition coefficient (Wildman–Crippen LogP) is 1.77. The Hall–Kier alpha value is -0.160. The van der Waals surface area contributed by atoms with Crippen LogP contribution in [-0.4, -0.2) is 56.5 Å². The predicted molar refractivity (Wildman–Crippen MR) is 77.3 cm³/mol. The van der Waals surface area contributed by atoms with Crippen molar-refractivity contribution in [3.8, 4) is 0 Å². The quantitative estimate of drug-likeness (QED) is 0.846. The summed E-state index contributed by atoms with van der Waals surface area (Å²) < 4.78 is 11.1. The van der Waals surface area contributed by atoms with Crippen molar-refractivity contribution in [2.24, 2.45) is 5.73 Å². The number of nitrogens with two attached hydrogens (primary N) is 1. The highest BCUT2D eigenvalue weighted by Crippen LogP contribution is 2.34. The molecule has 0 bridgehead atoms. The van der Waals surface area contributed by atoms with Gasteiger partial charge >= 0.3 is 0 Å². The summed E-state index contributed by atoms with van der Waals surface area (Å²) >= 11 is 0. The number of hydrogen-bond acceptors (Lipinski definition) is 4. The molecule has 4 nitrogen and oxygen atoms in total. The largest absolute Gasteiger partial charge is 0.377 e. The molecule has 1 saturated carbocycles. The molecule has 0 amide bonds. The van der Waals surface area contributed by atoms with Gasteiger partial charge in [-0.3, -0.25) is 4.90 Å². The van der Waals surface area contributed by atoms with Gasteiger partial charge in [0.25, 0.3) is 0 Å². The number of hydrogen-bond donors (Lipinski definition) is 1. The summed E-state index contributed by atoms with van der Waals surface area (Å²) in [5, 5.41) is 0. The van der Waals surface area contributed by atoms with Gasteiger partial charge in [-0.15, -0.1) is 0 Å². The molecule has 0 spiro atoms. The molecule has 2 rings (SSSR count). The van der Waals surface area contributed by atoms with Gasteiger partial charge in [0, 0.05) is 39.4 Å². The van der Waals surface area contributed by atoms with E-state index in [0.29, 0.717) is 0 Å². The third-order valence-corrected chi connectivity index (χ3v) is 5.16. The lowest BCUT2D eigenvalue weighted by molar-refractivity contribution is -0.00461. The molecule has 0 aromatic rings. The molecule has 0 aromatic heterocycles. The molecule has 2 N–H and O–H groups in total. The zero-order valence-electron chi connectivity index (χ0n) is 12.6. The van der Waals surface area contributed by atoms with Crippen molar-refractivity contribution in [1.29, 1.82) is 0 Å². The smallest absolute Gasteiger partial charge is 0.0972 e. The average Bonchev–Trinajstić information content (AvgIpc) is 2.83. The van der Waals surface area contributed by atoms with Crippen LogP contribution < -0.4 is 5.73 Å². The SMILES string of the molecule is COC1CN(C2(CN)CCCCCCC2)CC1OC. The molecule has 0 radical (unpaired) electrons. The van der Waals surface area contributed by atoms with Crippen molar-refractivity contribution in [3.05, 3.63) is 0 Å². The van der Waals surface area contributed by atoms with E-state index in [4.69, 9.17) is 15.2 Å². The van der Waals surface area contributed by atoms with Crippen molar-refractivity contribution < 1.29 is 9.47 Å². The molecule has 1 saturated heterocycles. The van der Waals surface area contributed by atoms with E-state index in [0.717, 1.165) is 19.6 Å². The first-order chi connectivity index (χ1) is 9.25. The van der Waals surface area contributed by atoms with Gasteiger partial charge in [-0.1, -0.05) is 32.1 Å². The van der Waals surface area contributed by atoms with E-state index in [1.807, 2.05) is 0 Å². The van der Waals surface area contributed by atoms with E-state index >= 15 is 0 Å². The molecular weight excluding hydrogens is 240 g/mol. The monoisotopic (exact) mass is 270 g/mol. The number of methoxy groups -OCH3 is 2. The fourth-order valence-electron chi connectivity index (χ4n) is 3.80. The second-order valence-corrected chi connectivity index (χ2v) is 6.15. The summed E-state index contributed by atoms with van der Waals surface area (Å²) in [4.78, 5) is 2.56. The van der Waals surface area contributed by atoms with E-state index in [1.54, 1.807) is 14.2 Å². The Morgan fingerprint density at radius 3 is 1.84 bits per heavy atom. The van der Waals surface area contributed by atoms with Crippen LogP contribution in [0.3, 0.4) is 0 Å². The van der Waals surface area contributed by atoms with Crippen molar-refractivity contribution in [1.82, 2.24) is 4.90 Å². The zero-order valence-corrected chi connectivity index (χ0v) is 12.6. The summed E-state index contributed by atoms with van der Waals surface area (Å²) in [5.41, 5.74) is 6.37. The molecule has 0 aromatic carbocycles. The minimum absolute atomic E-state index is 0.185. The third kappa shape index (κ3) is 3.30. The molecule has 2 unspecified atom stereocenters. The topological polar surface area (TPSA) is 47.7 Å². The van der Waals surface area contributed by atoms with Gasteiger partial charge in [-0.05, 0) is 12.8 Å². The van der Waals surface area contributed by atoms with Crippen LogP contribution in [0.5, 0.6) is 0 Å². The third-order valence-electron chi connectivity index (χ3n) is 5.16. The van der Waals surface area contributed by atoms with E-state index in [1.165, 1.54) is 44.9 Å². The molecule has 19 heavy (non-hydrogen) atoms. The normalized spacial score (nSPS) is 33.0. The Morgan fingerprint density at radius 2 is 1.42 bits per heavy atom. The summed E-state index contributed by atoms with van der Waals surface area (Å²) in [5.74, 6) is 0. The van der Waals surface area contributed by atoms with E-state index in [2.05, 4.69) is 4.90 Å². The summed E-state index contributed by atoms with van der Waals surface area (Å²) in [6.07, 6.45) is 9.58. The van der Waals surface area contributed by atoms with Gasteiger partial charge in [-0.2, -0.15) is 0 Å². The standard InChI is InChI=1S/C15H30N2O2/c1-18-13-10-17(11-14(13)19-2)15(12-16)8-6-4-3-5-7-9-15/h13-14H,3-12,16H2,1-2H3. The first kappa shape index (κ1) is 15.2. The molecule has 2 fully saturated rings. The molecule has 4 heteroatoms. The second-order valence-electron chi connectivity index (χ2n) is 6.15. The van der Waals surface area contributed by atoms with Crippen LogP contribution in [-0.2, 0) is 9.47 Å². The van der Waals surface area contributed by atoms with Crippen molar-refractivity contribution in [2.45, 2.75) is 62.7 Å². The summed E-state index contributed by atoms with van der Waals surface area (Å²) in [6.45, 7) is 2.69. The van der Waals surface area contributed by atoms with Gasteiger partial charge in [0.05, 0.1) is 12.2 Å². The number of rotatable bonds is 4. The number of nitrogens with zero attached hydrogens (tertiary/aromatic N) is 1. The highest BCUT2D eigenvalue weighted by Gasteiger charge is 2.43. The summed E-state index contributed by atoms with van der Waals surface area (Å²) in [7, 11) is 3.57. The molecular formula is C15H30N2O2. The van der Waals surface area contributed by atoms with Crippen molar-refractivity contribution in [3.63, 3.8) is 0 Å². The van der Waals surface area contributed by atoms with E-state index in [-0.39, 0.29) is 17.7 Å². The fraction of sp³-hybridized carbons (Fsp3) is 1.00. The van der Waals surface area contributed by atoms with Crippen LogP contribution in [0, 0.1) is 0 Å². The lowest BCUT2D eigenvalue weighted by Gasteiger charge is -2.42. The Morgan fingerprint density at radius 1 is 0.947 bits per heavy atom. The Bertz CT molecular complexity index is 253. The molecule has 2 aliphatic rings. The fourth-order valence-corrected chi connectivity index (χ4v) is 3.80. The van der Waals surface area contributed by atoms with Crippen LogP contribution in [0.15, 0.2) is 0 Å². The van der Waals surface area contributed by atoms with E-state index in [9.17, 15) is 0 Å². The minimum Gasteiger partial charge on any atom is -0.377 e. The zero-order chi connectivity index (χ0) is 13.7. The van der Waals surface area contributed by atoms with E-state index < -0.39 is 0 Å². The van der Waals surface area contributed by atoms with Gasteiger partial charge < -0.3 is 15.2 Å². The molecule has 1 heterocycles. The highest BCUT2D eigenvalue weighted by atomic mass is 16.5. The van der Waals surface area contributed by atoms with Crippen LogP contribution in [0.2, 0.25) is 0 Å². The first-order valence-corrected chi connectivity index (χ1v) is 7.76. The van der Waals surface area contributed by atoms with Gasteiger partial charge in [0.1, 0.15) is 0 Å². The molecule has 112 valence electrons. The molecule has 2 atom stereocenters. The van der Waals surface area contributed by atoms with Gasteiger partial charge in [0.2, 0.25) is 0 Å². The average molecular weight is 270 g/mol. The lowest BCUT2D eigenvalue weighted by Crippen LogP contribution is -2.53. The van der Waals surface area contributed by atoms with Crippen molar-refractivity contribution >= 4 is 0 Å².